The van der Waals surface area contributed by atoms with Crippen LogP contribution in [0.15, 0.2) is 24.3 Å². The molecule has 0 atom stereocenters. The predicted molar refractivity (Wildman–Crippen MR) is 128 cm³/mol. The first kappa shape index (κ1) is 28.7. The summed E-state index contributed by atoms with van der Waals surface area (Å²) in [6.07, 6.45) is 23.4. The molecule has 0 heterocycles. The minimum atomic E-state index is 0. The van der Waals surface area contributed by atoms with E-state index in [1.54, 1.807) is 0 Å². The van der Waals surface area contributed by atoms with Crippen LogP contribution in [0.4, 0.5) is 0 Å². The van der Waals surface area contributed by atoms with Crippen LogP contribution in [0.3, 0.4) is 0 Å². The minimum absolute atomic E-state index is 0. The molecule has 0 spiro atoms. The van der Waals surface area contributed by atoms with Gasteiger partial charge in [0, 0.05) is 0 Å². The van der Waals surface area contributed by atoms with Crippen LogP contribution in [0.25, 0.3) is 0 Å². The zero-order chi connectivity index (χ0) is 19.3. The third kappa shape index (κ3) is 21.7. The van der Waals surface area contributed by atoms with E-state index in [0.717, 1.165) is 0 Å². The Bertz CT molecular complexity index is 349. The molecule has 160 valence electrons. The number of hydrogen-bond donors (Lipinski definition) is 0. The molecule has 0 saturated heterocycles. The normalized spacial score (nSPS) is 10.1. The fourth-order valence-corrected chi connectivity index (χ4v) is 3.28. The standard InChI is InChI=1S/C18H38.C8H10.ClH/c1-3-5-7-9-11-13-15-17-18-16-14-12-10-8-6-4-2;1-7-5-3-4-6-8(7)2;/h3-18H2,1-2H3;3-6H,1-2H3;1H. The SMILES string of the molecule is CCCCCCCCCCCCCCCCCC.Cc1ccccc1C.Cl. The van der Waals surface area contributed by atoms with Crippen molar-refractivity contribution in [1.29, 1.82) is 0 Å². The predicted octanol–water partition coefficient (Wildman–Crippen LogP) is 9.99. The summed E-state index contributed by atoms with van der Waals surface area (Å²) < 4.78 is 0. The highest BCUT2D eigenvalue weighted by molar-refractivity contribution is 5.85. The molecule has 0 aliphatic heterocycles. The largest absolute Gasteiger partial charge is 0.147 e. The van der Waals surface area contributed by atoms with Crippen LogP contribution in [-0.2, 0) is 0 Å². The van der Waals surface area contributed by atoms with Gasteiger partial charge in [-0.05, 0) is 25.0 Å². The maximum absolute atomic E-state index is 2.29. The van der Waals surface area contributed by atoms with Crippen LogP contribution in [0, 0.1) is 13.8 Å². The first-order chi connectivity index (χ1) is 12.7. The van der Waals surface area contributed by atoms with Crippen LogP contribution in [0.5, 0.6) is 0 Å². The van der Waals surface area contributed by atoms with Crippen LogP contribution in [0.2, 0.25) is 0 Å². The second kappa shape index (κ2) is 23.5. The fraction of sp³-hybridized carbons (Fsp3) is 0.769. The molecule has 0 aromatic heterocycles. The third-order valence-corrected chi connectivity index (χ3v) is 5.38. The van der Waals surface area contributed by atoms with E-state index in [9.17, 15) is 0 Å². The highest BCUT2D eigenvalue weighted by Crippen LogP contribution is 2.13. The lowest BCUT2D eigenvalue weighted by molar-refractivity contribution is 0.531. The van der Waals surface area contributed by atoms with Crippen LogP contribution < -0.4 is 0 Å². The Morgan fingerprint density at radius 1 is 0.444 bits per heavy atom. The molecule has 0 radical (unpaired) electrons. The van der Waals surface area contributed by atoms with E-state index in [4.69, 9.17) is 0 Å². The topological polar surface area (TPSA) is 0 Å². The molecule has 0 N–H and O–H groups in total. The molecule has 0 nitrogen and oxygen atoms in total. The lowest BCUT2D eigenvalue weighted by Crippen LogP contribution is -1.83. The van der Waals surface area contributed by atoms with E-state index in [0.29, 0.717) is 0 Å². The third-order valence-electron chi connectivity index (χ3n) is 5.38. The molecule has 0 unspecified atom stereocenters. The first-order valence-corrected chi connectivity index (χ1v) is 11.7. The zero-order valence-corrected chi connectivity index (χ0v) is 19.8. The summed E-state index contributed by atoms with van der Waals surface area (Å²) in [5.41, 5.74) is 2.74. The summed E-state index contributed by atoms with van der Waals surface area (Å²) in [6, 6.07) is 8.36. The molecule has 0 amide bonds. The van der Waals surface area contributed by atoms with Crippen molar-refractivity contribution in [3.63, 3.8) is 0 Å². The number of halogens is 1. The van der Waals surface area contributed by atoms with E-state index in [-0.39, 0.29) is 12.4 Å². The van der Waals surface area contributed by atoms with Crippen molar-refractivity contribution in [1.82, 2.24) is 0 Å². The second-order valence-corrected chi connectivity index (χ2v) is 8.03. The summed E-state index contributed by atoms with van der Waals surface area (Å²) >= 11 is 0. The van der Waals surface area contributed by atoms with Gasteiger partial charge in [0.1, 0.15) is 0 Å². The maximum atomic E-state index is 2.29. The molecule has 1 aromatic rings. The Hall–Kier alpha value is -0.490. The van der Waals surface area contributed by atoms with Gasteiger partial charge in [0.15, 0.2) is 0 Å². The summed E-state index contributed by atoms with van der Waals surface area (Å²) in [5, 5.41) is 0. The van der Waals surface area contributed by atoms with Gasteiger partial charge >= 0.3 is 0 Å². The molecular formula is C26H49Cl. The average Bonchev–Trinajstić information content (AvgIpc) is 2.65. The van der Waals surface area contributed by atoms with E-state index in [2.05, 4.69) is 52.0 Å². The van der Waals surface area contributed by atoms with E-state index in [1.165, 1.54) is 114 Å². The van der Waals surface area contributed by atoms with Crippen molar-refractivity contribution in [3.8, 4) is 0 Å². The smallest absolute Gasteiger partial charge is 0.0395 e. The molecule has 0 aliphatic carbocycles. The van der Waals surface area contributed by atoms with Gasteiger partial charge in [-0.3, -0.25) is 0 Å². The molecule has 1 aromatic carbocycles. The van der Waals surface area contributed by atoms with Crippen molar-refractivity contribution < 1.29 is 0 Å². The number of aryl methyl sites for hydroxylation is 2. The summed E-state index contributed by atoms with van der Waals surface area (Å²) in [6.45, 7) is 8.83. The van der Waals surface area contributed by atoms with Gasteiger partial charge in [0.25, 0.3) is 0 Å². The number of rotatable bonds is 15. The fourth-order valence-electron chi connectivity index (χ4n) is 3.28. The van der Waals surface area contributed by atoms with Crippen molar-refractivity contribution in [2.45, 2.75) is 130 Å². The molecule has 1 rings (SSSR count). The average molecular weight is 397 g/mol. The molecule has 27 heavy (non-hydrogen) atoms. The van der Waals surface area contributed by atoms with Gasteiger partial charge in [-0.25, -0.2) is 0 Å². The summed E-state index contributed by atoms with van der Waals surface area (Å²) in [5.74, 6) is 0. The maximum Gasteiger partial charge on any atom is -0.0395 e. The Morgan fingerprint density at radius 3 is 0.852 bits per heavy atom. The van der Waals surface area contributed by atoms with Gasteiger partial charge in [0.05, 0.1) is 0 Å². The molecule has 0 bridgehead atoms. The van der Waals surface area contributed by atoms with E-state index < -0.39 is 0 Å². The summed E-state index contributed by atoms with van der Waals surface area (Å²) in [4.78, 5) is 0. The second-order valence-electron chi connectivity index (χ2n) is 8.03. The van der Waals surface area contributed by atoms with E-state index >= 15 is 0 Å². The lowest BCUT2D eigenvalue weighted by atomic mass is 10.0. The Morgan fingerprint density at radius 2 is 0.667 bits per heavy atom. The Labute approximate surface area is 178 Å². The van der Waals surface area contributed by atoms with E-state index in [1.807, 2.05) is 0 Å². The zero-order valence-electron chi connectivity index (χ0n) is 19.0. The highest BCUT2D eigenvalue weighted by Gasteiger charge is 1.93. The van der Waals surface area contributed by atoms with Gasteiger partial charge in [-0.1, -0.05) is 141 Å². The number of unbranched alkanes of at least 4 members (excludes halogenated alkanes) is 15. The highest BCUT2D eigenvalue weighted by atomic mass is 35.5. The monoisotopic (exact) mass is 396 g/mol. The minimum Gasteiger partial charge on any atom is -0.147 e. The summed E-state index contributed by atoms with van der Waals surface area (Å²) in [7, 11) is 0. The van der Waals surface area contributed by atoms with Crippen molar-refractivity contribution in [2.75, 3.05) is 0 Å². The molecule has 0 aliphatic rings. The van der Waals surface area contributed by atoms with Gasteiger partial charge in [0.2, 0.25) is 0 Å². The number of benzene rings is 1. The van der Waals surface area contributed by atoms with Crippen molar-refractivity contribution in [3.05, 3.63) is 35.4 Å². The molecule has 1 heteroatoms. The van der Waals surface area contributed by atoms with Gasteiger partial charge in [-0.2, -0.15) is 0 Å². The van der Waals surface area contributed by atoms with Gasteiger partial charge < -0.3 is 0 Å². The van der Waals surface area contributed by atoms with Crippen LogP contribution >= 0.6 is 12.4 Å². The van der Waals surface area contributed by atoms with Gasteiger partial charge in [-0.15, -0.1) is 12.4 Å². The Balaban J connectivity index is 0. The molecule has 0 fully saturated rings. The van der Waals surface area contributed by atoms with Crippen molar-refractivity contribution >= 4 is 12.4 Å². The number of hydrogen-bond acceptors (Lipinski definition) is 0. The van der Waals surface area contributed by atoms with Crippen LogP contribution in [-0.4, -0.2) is 0 Å². The quantitative estimate of drug-likeness (QED) is 0.258. The first-order valence-electron chi connectivity index (χ1n) is 11.7. The van der Waals surface area contributed by atoms with Crippen molar-refractivity contribution in [2.24, 2.45) is 0 Å². The van der Waals surface area contributed by atoms with Crippen LogP contribution in [0.1, 0.15) is 128 Å². The Kier molecular flexibility index (Phi) is 25.0. The molecule has 0 saturated carbocycles. The molecular weight excluding hydrogens is 348 g/mol. The lowest BCUT2D eigenvalue weighted by Gasteiger charge is -2.03.